The molecule has 0 aromatic carbocycles. The number of carbonyl (C=O) groups excluding carboxylic acids is 1. The SMILES string of the molecule is CCOC(=O)c1c(C)nn2c1NCC1CCCCC12. The zero-order chi connectivity index (χ0) is 13.4. The van der Waals surface area contributed by atoms with Gasteiger partial charge >= 0.3 is 5.97 Å². The van der Waals surface area contributed by atoms with Crippen molar-refractivity contribution in [1.82, 2.24) is 9.78 Å². The molecule has 104 valence electrons. The molecule has 1 aromatic heterocycles. The van der Waals surface area contributed by atoms with Crippen LogP contribution in [0.1, 0.15) is 54.7 Å². The van der Waals surface area contributed by atoms with Crippen LogP contribution in [0.15, 0.2) is 0 Å². The fourth-order valence-electron chi connectivity index (χ4n) is 3.38. The van der Waals surface area contributed by atoms with Crippen LogP contribution < -0.4 is 5.32 Å². The van der Waals surface area contributed by atoms with Crippen molar-refractivity contribution < 1.29 is 9.53 Å². The van der Waals surface area contributed by atoms with Gasteiger partial charge in [-0.25, -0.2) is 9.48 Å². The lowest BCUT2D eigenvalue weighted by atomic mass is 9.83. The first kappa shape index (κ1) is 12.5. The molecule has 1 aliphatic heterocycles. The van der Waals surface area contributed by atoms with Crippen molar-refractivity contribution in [2.45, 2.75) is 45.6 Å². The molecule has 2 aliphatic rings. The molecule has 1 aromatic rings. The minimum absolute atomic E-state index is 0.261. The largest absolute Gasteiger partial charge is 0.462 e. The van der Waals surface area contributed by atoms with Crippen LogP contribution in [0.25, 0.3) is 0 Å². The fourth-order valence-corrected chi connectivity index (χ4v) is 3.38. The van der Waals surface area contributed by atoms with Gasteiger partial charge in [-0.1, -0.05) is 12.8 Å². The number of aryl methyl sites for hydroxylation is 1. The number of nitrogens with zero attached hydrogens (tertiary/aromatic N) is 2. The molecule has 0 amide bonds. The zero-order valence-electron chi connectivity index (χ0n) is 11.6. The zero-order valence-corrected chi connectivity index (χ0v) is 11.6. The number of carbonyl (C=O) groups is 1. The summed E-state index contributed by atoms with van der Waals surface area (Å²) in [4.78, 5) is 12.0. The Bertz CT molecular complexity index is 495. The van der Waals surface area contributed by atoms with Gasteiger partial charge in [0.25, 0.3) is 0 Å². The Morgan fingerprint density at radius 2 is 2.26 bits per heavy atom. The lowest BCUT2D eigenvalue weighted by molar-refractivity contribution is 0.0526. The molecule has 1 N–H and O–H groups in total. The molecule has 0 radical (unpaired) electrons. The van der Waals surface area contributed by atoms with Crippen molar-refractivity contribution in [2.24, 2.45) is 5.92 Å². The number of nitrogens with one attached hydrogen (secondary N) is 1. The van der Waals surface area contributed by atoms with Crippen LogP contribution in [0.2, 0.25) is 0 Å². The average Bonchev–Trinajstić information content (AvgIpc) is 2.75. The molecule has 0 bridgehead atoms. The predicted molar refractivity (Wildman–Crippen MR) is 72.4 cm³/mol. The smallest absolute Gasteiger partial charge is 0.343 e. The molecular weight excluding hydrogens is 242 g/mol. The molecule has 1 aliphatic carbocycles. The summed E-state index contributed by atoms with van der Waals surface area (Å²) in [6.45, 7) is 5.06. The number of anilines is 1. The quantitative estimate of drug-likeness (QED) is 0.833. The molecule has 5 heteroatoms. The summed E-state index contributed by atoms with van der Waals surface area (Å²) >= 11 is 0. The molecule has 2 heterocycles. The van der Waals surface area contributed by atoms with E-state index in [4.69, 9.17) is 4.74 Å². The van der Waals surface area contributed by atoms with Crippen molar-refractivity contribution in [3.63, 3.8) is 0 Å². The Morgan fingerprint density at radius 1 is 1.47 bits per heavy atom. The second-order valence-electron chi connectivity index (χ2n) is 5.47. The number of hydrogen-bond donors (Lipinski definition) is 1. The summed E-state index contributed by atoms with van der Waals surface area (Å²) in [6, 6.07) is 0.451. The van der Waals surface area contributed by atoms with Crippen LogP contribution in [0.3, 0.4) is 0 Å². The van der Waals surface area contributed by atoms with E-state index >= 15 is 0 Å². The van der Waals surface area contributed by atoms with Crippen LogP contribution in [0.4, 0.5) is 5.82 Å². The van der Waals surface area contributed by atoms with Crippen LogP contribution in [0, 0.1) is 12.8 Å². The highest BCUT2D eigenvalue weighted by Crippen LogP contribution is 2.40. The Balaban J connectivity index is 1.98. The first-order chi connectivity index (χ1) is 9.22. The average molecular weight is 263 g/mol. The highest BCUT2D eigenvalue weighted by atomic mass is 16.5. The maximum Gasteiger partial charge on any atom is 0.343 e. The topological polar surface area (TPSA) is 56.1 Å². The van der Waals surface area contributed by atoms with Crippen molar-refractivity contribution in [3.05, 3.63) is 11.3 Å². The minimum atomic E-state index is -0.261. The van der Waals surface area contributed by atoms with Gasteiger partial charge in [0.2, 0.25) is 0 Å². The summed E-state index contributed by atoms with van der Waals surface area (Å²) in [7, 11) is 0. The van der Waals surface area contributed by atoms with E-state index in [2.05, 4.69) is 10.4 Å². The van der Waals surface area contributed by atoms with Gasteiger partial charge < -0.3 is 10.1 Å². The molecule has 0 saturated heterocycles. The van der Waals surface area contributed by atoms with E-state index < -0.39 is 0 Å². The highest BCUT2D eigenvalue weighted by molar-refractivity contribution is 5.96. The first-order valence-electron chi connectivity index (χ1n) is 7.22. The summed E-state index contributed by atoms with van der Waals surface area (Å²) in [5.41, 5.74) is 1.39. The molecule has 2 unspecified atom stereocenters. The second-order valence-corrected chi connectivity index (χ2v) is 5.47. The van der Waals surface area contributed by atoms with Crippen LogP contribution in [0.5, 0.6) is 0 Å². The Kier molecular flexibility index (Phi) is 3.21. The normalized spacial score (nSPS) is 25.2. The van der Waals surface area contributed by atoms with E-state index in [1.165, 1.54) is 25.7 Å². The standard InChI is InChI=1S/C14H21N3O2/c1-3-19-14(18)12-9(2)16-17-11-7-5-4-6-10(11)8-15-13(12)17/h10-11,15H,3-8H2,1-2H3. The molecular formula is C14H21N3O2. The van der Waals surface area contributed by atoms with Gasteiger partial charge in [-0.2, -0.15) is 5.10 Å². The summed E-state index contributed by atoms with van der Waals surface area (Å²) in [5, 5.41) is 7.98. The summed E-state index contributed by atoms with van der Waals surface area (Å²) in [5.74, 6) is 1.25. The maximum absolute atomic E-state index is 12.0. The van der Waals surface area contributed by atoms with Gasteiger partial charge in [-0.15, -0.1) is 0 Å². The number of ether oxygens (including phenoxy) is 1. The molecule has 19 heavy (non-hydrogen) atoms. The fraction of sp³-hybridized carbons (Fsp3) is 0.714. The van der Waals surface area contributed by atoms with E-state index in [1.807, 2.05) is 18.5 Å². The summed E-state index contributed by atoms with van der Waals surface area (Å²) in [6.07, 6.45) is 4.99. The van der Waals surface area contributed by atoms with Crippen LogP contribution in [-0.2, 0) is 4.74 Å². The maximum atomic E-state index is 12.0. The monoisotopic (exact) mass is 263 g/mol. The van der Waals surface area contributed by atoms with Crippen molar-refractivity contribution in [2.75, 3.05) is 18.5 Å². The van der Waals surface area contributed by atoms with E-state index in [0.29, 0.717) is 24.1 Å². The molecule has 0 spiro atoms. The van der Waals surface area contributed by atoms with Gasteiger partial charge in [0.15, 0.2) is 0 Å². The van der Waals surface area contributed by atoms with Gasteiger partial charge in [-0.3, -0.25) is 0 Å². The molecule has 1 saturated carbocycles. The van der Waals surface area contributed by atoms with Gasteiger partial charge in [-0.05, 0) is 32.6 Å². The van der Waals surface area contributed by atoms with E-state index in [9.17, 15) is 4.79 Å². The molecule has 2 atom stereocenters. The third-order valence-electron chi connectivity index (χ3n) is 4.28. The van der Waals surface area contributed by atoms with Crippen molar-refractivity contribution in [1.29, 1.82) is 0 Å². The Morgan fingerprint density at radius 3 is 3.05 bits per heavy atom. The lowest BCUT2D eigenvalue weighted by Gasteiger charge is -2.37. The Labute approximate surface area is 113 Å². The van der Waals surface area contributed by atoms with E-state index in [-0.39, 0.29) is 5.97 Å². The molecule has 1 fully saturated rings. The second kappa shape index (κ2) is 4.87. The van der Waals surface area contributed by atoms with E-state index in [1.54, 1.807) is 0 Å². The van der Waals surface area contributed by atoms with Gasteiger partial charge in [0.1, 0.15) is 11.4 Å². The summed E-state index contributed by atoms with van der Waals surface area (Å²) < 4.78 is 7.17. The number of aromatic nitrogens is 2. The van der Waals surface area contributed by atoms with Gasteiger partial charge in [0.05, 0.1) is 18.3 Å². The lowest BCUT2D eigenvalue weighted by Crippen LogP contribution is -2.35. The molecule has 3 rings (SSSR count). The highest BCUT2D eigenvalue weighted by Gasteiger charge is 2.35. The van der Waals surface area contributed by atoms with Crippen LogP contribution >= 0.6 is 0 Å². The number of rotatable bonds is 2. The van der Waals surface area contributed by atoms with Crippen LogP contribution in [-0.4, -0.2) is 28.9 Å². The Hall–Kier alpha value is -1.52. The first-order valence-corrected chi connectivity index (χ1v) is 7.22. The molecule has 5 nitrogen and oxygen atoms in total. The minimum Gasteiger partial charge on any atom is -0.462 e. The third kappa shape index (κ3) is 2.01. The van der Waals surface area contributed by atoms with E-state index in [0.717, 1.165) is 18.1 Å². The van der Waals surface area contributed by atoms with Crippen molar-refractivity contribution in [3.8, 4) is 0 Å². The third-order valence-corrected chi connectivity index (χ3v) is 4.28. The number of fused-ring (bicyclic) bond motifs is 3. The number of hydrogen-bond acceptors (Lipinski definition) is 4. The van der Waals surface area contributed by atoms with Gasteiger partial charge in [0, 0.05) is 6.54 Å². The predicted octanol–water partition coefficient (Wildman–Crippen LogP) is 2.53. The number of esters is 1. The van der Waals surface area contributed by atoms with Crippen molar-refractivity contribution >= 4 is 11.8 Å².